The maximum absolute atomic E-state index is 4.97. The fourth-order valence-corrected chi connectivity index (χ4v) is 23.4. The normalized spacial score (nSPS) is 11.8. The smallest absolute Gasteiger partial charge is 0.235 e. The van der Waals surface area contributed by atoms with Gasteiger partial charge in [0.1, 0.15) is 0 Å². The van der Waals surface area contributed by atoms with Crippen LogP contribution >= 0.6 is 34.0 Å². The molecule has 0 bridgehead atoms. The molecule has 0 fully saturated rings. The maximum Gasteiger partial charge on any atom is 0.235 e. The van der Waals surface area contributed by atoms with Crippen molar-refractivity contribution in [2.45, 2.75) is 0 Å². The minimum absolute atomic E-state index is 0.692. The Labute approximate surface area is 746 Å². The molecule has 0 aliphatic carbocycles. The van der Waals surface area contributed by atoms with Crippen molar-refractivity contribution in [2.24, 2.45) is 0 Å². The number of aromatic nitrogens is 9. The summed E-state index contributed by atoms with van der Waals surface area (Å²) in [5, 5.41) is 16.8. The molecule has 0 aliphatic heterocycles. The summed E-state index contributed by atoms with van der Waals surface area (Å²) in [6.45, 7) is 0. The average molecular weight is 1690 g/mol. The molecule has 12 heteroatoms. The third-order valence-electron chi connectivity index (χ3n) is 25.0. The first-order valence-corrected chi connectivity index (χ1v) is 45.4. The lowest BCUT2D eigenvalue weighted by Crippen LogP contribution is -2.00. The summed E-state index contributed by atoms with van der Waals surface area (Å²) in [7, 11) is 0. The molecule has 0 radical (unpaired) electrons. The van der Waals surface area contributed by atoms with Crippen LogP contribution in [-0.4, -0.2) is 43.6 Å². The monoisotopic (exact) mass is 1690 g/mol. The molecule has 0 N–H and O–H groups in total. The molecule has 16 aromatic carbocycles. The summed E-state index contributed by atoms with van der Waals surface area (Å²) in [5.41, 5.74) is 27.4. The number of para-hydroxylation sites is 4. The Morgan fingerprint density at radius 2 is 0.570 bits per heavy atom. The molecule has 0 saturated carbocycles. The van der Waals surface area contributed by atoms with Crippen LogP contribution in [0.15, 0.2) is 431 Å². The van der Waals surface area contributed by atoms with Gasteiger partial charge in [0.25, 0.3) is 0 Å². The molecule has 0 amide bonds. The fraction of sp³-hybridized carbons (Fsp3) is 0. The van der Waals surface area contributed by atoms with Crippen molar-refractivity contribution >= 4 is 184 Å². The zero-order valence-electron chi connectivity index (χ0n) is 68.7. The summed E-state index contributed by atoms with van der Waals surface area (Å²) < 4.78 is 10.9. The average Bonchev–Trinajstić information content (AvgIpc) is 1.56. The van der Waals surface area contributed by atoms with Gasteiger partial charge in [0.15, 0.2) is 0 Å². The number of fused-ring (bicyclic) bond motifs is 22. The van der Waals surface area contributed by atoms with Crippen molar-refractivity contribution in [2.75, 3.05) is 0 Å². The van der Waals surface area contributed by atoms with Gasteiger partial charge >= 0.3 is 0 Å². The Bertz CT molecular complexity index is 9070. The van der Waals surface area contributed by atoms with Gasteiger partial charge in [-0.2, -0.15) is 0 Å². The van der Waals surface area contributed by atoms with Crippen LogP contribution in [0.2, 0.25) is 0 Å². The lowest BCUT2D eigenvalue weighted by Gasteiger charge is -2.11. The second-order valence-electron chi connectivity index (χ2n) is 32.3. The standard InChI is InChI=1S/C44H27N3S.C38H23N3S.C34H21N3S/c1-3-11-28(12-4-1)39-36-22-23-38-40(44(36)48-43(39)30-13-5-2-6-14-30)35-18-7-8-19-37(35)47(38)34-17-9-15-31(26-34)33-25-32-21-20-29-16-10-24-45-41(29)42(32)46-27-33;1-3-10-24(11-4-1)33-30-19-20-32-34(38(30)42-37(33)26-12-5-2-6-13-26)29-15-7-8-16-31(29)41(32)28-22-27-18-17-25-14-9-21-39-35(25)36(27)40-23-28;1-3-11-22(12-4-1)30-26-19-20-29-31(33(26)38-32(30)23-13-5-2-6-14-23)25-16-8-10-18-28(25)37(29)34-35-21-24-15-7-9-17-27(24)36-34/h1-27H;1-23H;1-21H. The lowest BCUT2D eigenvalue weighted by atomic mass is 9.98. The van der Waals surface area contributed by atoms with Gasteiger partial charge in [-0.05, 0) is 118 Å². The summed E-state index contributed by atoms with van der Waals surface area (Å²) in [6, 6.07) is 143. The van der Waals surface area contributed by atoms with Gasteiger partial charge in [-0.15, -0.1) is 34.0 Å². The van der Waals surface area contributed by atoms with Gasteiger partial charge < -0.3 is 9.13 Å². The van der Waals surface area contributed by atoms with E-state index in [4.69, 9.17) is 19.9 Å². The van der Waals surface area contributed by atoms with E-state index in [0.717, 1.165) is 88.0 Å². The highest BCUT2D eigenvalue weighted by Gasteiger charge is 2.27. The maximum atomic E-state index is 4.97. The molecular formula is C116H71N9S3. The van der Waals surface area contributed by atoms with E-state index in [2.05, 4.69) is 394 Å². The summed E-state index contributed by atoms with van der Waals surface area (Å²) >= 11 is 5.66. The molecule has 598 valence electrons. The van der Waals surface area contributed by atoms with E-state index in [1.165, 1.54) is 149 Å². The third kappa shape index (κ3) is 12.4. The molecule has 0 saturated heterocycles. The number of nitrogens with zero attached hydrogens (tertiary/aromatic N) is 9. The zero-order chi connectivity index (χ0) is 84.3. The molecule has 27 aromatic rings. The van der Waals surface area contributed by atoms with Crippen molar-refractivity contribution in [1.29, 1.82) is 0 Å². The van der Waals surface area contributed by atoms with Gasteiger partial charge in [0.05, 0.1) is 72.6 Å². The number of thiophene rings is 3. The second-order valence-corrected chi connectivity index (χ2v) is 35.4. The molecule has 0 unspecified atom stereocenters. The van der Waals surface area contributed by atoms with E-state index in [1.807, 2.05) is 95.3 Å². The van der Waals surface area contributed by atoms with E-state index in [-0.39, 0.29) is 0 Å². The molecule has 128 heavy (non-hydrogen) atoms. The number of pyridine rings is 4. The van der Waals surface area contributed by atoms with Gasteiger partial charge in [-0.25, -0.2) is 9.97 Å². The van der Waals surface area contributed by atoms with Crippen molar-refractivity contribution < 1.29 is 0 Å². The Hall–Kier alpha value is -16.2. The molecule has 0 atom stereocenters. The first-order valence-electron chi connectivity index (χ1n) is 42.9. The quantitative estimate of drug-likeness (QED) is 0.127. The van der Waals surface area contributed by atoms with Gasteiger partial charge in [-0.3, -0.25) is 24.5 Å². The van der Waals surface area contributed by atoms with Crippen LogP contribution in [0.25, 0.3) is 243 Å². The molecule has 0 aliphatic rings. The third-order valence-corrected chi connectivity index (χ3v) is 28.8. The zero-order valence-corrected chi connectivity index (χ0v) is 71.2. The first-order chi connectivity index (χ1) is 63.5. The Morgan fingerprint density at radius 1 is 0.203 bits per heavy atom. The van der Waals surface area contributed by atoms with Crippen molar-refractivity contribution in [3.8, 4) is 93.2 Å². The molecule has 11 heterocycles. The van der Waals surface area contributed by atoms with Crippen LogP contribution in [0.1, 0.15) is 0 Å². The highest BCUT2D eigenvalue weighted by molar-refractivity contribution is 7.25. The summed E-state index contributed by atoms with van der Waals surface area (Å²) in [4.78, 5) is 32.8. The molecule has 27 rings (SSSR count). The largest absolute Gasteiger partial charge is 0.309 e. The molecular weight excluding hydrogens is 1620 g/mol. The van der Waals surface area contributed by atoms with E-state index < -0.39 is 0 Å². The number of hydrogen-bond donors (Lipinski definition) is 0. The Kier molecular flexibility index (Phi) is 18.0. The van der Waals surface area contributed by atoms with Crippen LogP contribution in [-0.2, 0) is 0 Å². The Morgan fingerprint density at radius 3 is 1.05 bits per heavy atom. The highest BCUT2D eigenvalue weighted by Crippen LogP contribution is 2.54. The SMILES string of the molecule is c1ccc(-c2sc3c(ccc4c3c3ccccc3n4-c3cccc(-c4cnc5c(ccc6cccnc65)c4)c3)c2-c2ccccc2)cc1.c1ccc(-c2sc3c(ccc4c3c3ccccc3n4-c3cnc4c(ccc5cccnc54)c3)c2-c2ccccc2)cc1.c1ccc(-c2sc3c(ccc4c3c3ccccc3n4-c3ncc4ccccc4n3)c2-c2ccccc2)cc1. The predicted octanol–water partition coefficient (Wildman–Crippen LogP) is 31.8. The number of benzene rings is 16. The van der Waals surface area contributed by atoms with Crippen molar-refractivity contribution in [3.63, 3.8) is 0 Å². The topological polar surface area (TPSA) is 92.1 Å². The lowest BCUT2D eigenvalue weighted by molar-refractivity contribution is 1.01. The van der Waals surface area contributed by atoms with E-state index >= 15 is 0 Å². The number of hydrogen-bond acceptors (Lipinski definition) is 9. The van der Waals surface area contributed by atoms with Gasteiger partial charge in [0.2, 0.25) is 5.95 Å². The van der Waals surface area contributed by atoms with Crippen LogP contribution in [0.3, 0.4) is 0 Å². The summed E-state index contributed by atoms with van der Waals surface area (Å²) in [5.74, 6) is 0.692. The first kappa shape index (κ1) is 74.4. The number of rotatable bonds is 10. The van der Waals surface area contributed by atoms with Gasteiger partial charge in [0, 0.05) is 157 Å². The fourth-order valence-electron chi connectivity index (χ4n) is 19.3. The molecule has 0 spiro atoms. The molecule has 11 aromatic heterocycles. The van der Waals surface area contributed by atoms with Crippen molar-refractivity contribution in [3.05, 3.63) is 431 Å². The van der Waals surface area contributed by atoms with Gasteiger partial charge in [-0.1, -0.05) is 322 Å². The van der Waals surface area contributed by atoms with Crippen LogP contribution in [0, 0.1) is 0 Å². The van der Waals surface area contributed by atoms with Crippen LogP contribution in [0.5, 0.6) is 0 Å². The highest BCUT2D eigenvalue weighted by atomic mass is 32.1. The van der Waals surface area contributed by atoms with E-state index in [1.54, 1.807) is 0 Å². The Balaban J connectivity index is 0.000000105. The summed E-state index contributed by atoms with van der Waals surface area (Å²) in [6.07, 6.45) is 9.56. The van der Waals surface area contributed by atoms with Crippen molar-refractivity contribution in [1.82, 2.24) is 43.6 Å². The minimum Gasteiger partial charge on any atom is -0.309 e. The minimum atomic E-state index is 0.692. The van der Waals surface area contributed by atoms with Crippen LogP contribution < -0.4 is 0 Å². The van der Waals surface area contributed by atoms with E-state index in [0.29, 0.717) is 5.95 Å². The second kappa shape index (κ2) is 30.9. The molecule has 9 nitrogen and oxygen atoms in total. The predicted molar refractivity (Wildman–Crippen MR) is 541 cm³/mol. The van der Waals surface area contributed by atoms with Crippen LogP contribution in [0.4, 0.5) is 0 Å². The van der Waals surface area contributed by atoms with E-state index in [9.17, 15) is 0 Å².